The summed E-state index contributed by atoms with van der Waals surface area (Å²) in [5, 5.41) is 1.12. The van der Waals surface area contributed by atoms with Crippen LogP contribution in [-0.4, -0.2) is 9.55 Å². The van der Waals surface area contributed by atoms with Crippen molar-refractivity contribution in [3.8, 4) is 11.6 Å². The van der Waals surface area contributed by atoms with Gasteiger partial charge in [-0.2, -0.15) is 0 Å². The number of benzene rings is 1. The van der Waals surface area contributed by atoms with Crippen LogP contribution in [0.2, 0.25) is 0 Å². The molecule has 0 saturated heterocycles. The van der Waals surface area contributed by atoms with E-state index in [0.717, 1.165) is 35.2 Å². The lowest BCUT2D eigenvalue weighted by Crippen LogP contribution is -2.05. The maximum absolute atomic E-state index is 6.27. The number of aryl methyl sites for hydroxylation is 4. The van der Waals surface area contributed by atoms with Gasteiger partial charge in [0.2, 0.25) is 5.88 Å². The van der Waals surface area contributed by atoms with Crippen molar-refractivity contribution in [2.75, 3.05) is 0 Å². The lowest BCUT2D eigenvalue weighted by atomic mass is 10.1. The molecule has 0 aliphatic carbocycles. The van der Waals surface area contributed by atoms with Gasteiger partial charge in [0.25, 0.3) is 0 Å². The van der Waals surface area contributed by atoms with Crippen molar-refractivity contribution in [1.82, 2.24) is 9.55 Å². The minimum Gasteiger partial charge on any atom is -0.438 e. The van der Waals surface area contributed by atoms with E-state index in [1.54, 1.807) is 0 Å². The SMILES string of the molecule is CCC(CC)n1cc(C)c2c(Oc3ccc(C)cc3C)nc(C)cc21. The molecule has 0 radical (unpaired) electrons. The molecule has 25 heavy (non-hydrogen) atoms. The van der Waals surface area contributed by atoms with Crippen molar-refractivity contribution in [3.63, 3.8) is 0 Å². The van der Waals surface area contributed by atoms with Crippen LogP contribution in [0.4, 0.5) is 0 Å². The third kappa shape index (κ3) is 3.28. The second kappa shape index (κ2) is 6.91. The Morgan fingerprint density at radius 1 is 1.00 bits per heavy atom. The summed E-state index contributed by atoms with van der Waals surface area (Å²) in [5.41, 5.74) is 5.79. The van der Waals surface area contributed by atoms with Crippen LogP contribution in [-0.2, 0) is 0 Å². The fourth-order valence-corrected chi connectivity index (χ4v) is 3.62. The van der Waals surface area contributed by atoms with E-state index in [-0.39, 0.29) is 0 Å². The first-order chi connectivity index (χ1) is 11.9. The summed E-state index contributed by atoms with van der Waals surface area (Å²) >= 11 is 0. The molecule has 0 bridgehead atoms. The molecule has 0 fully saturated rings. The van der Waals surface area contributed by atoms with Crippen LogP contribution in [0.15, 0.2) is 30.5 Å². The zero-order valence-corrected chi connectivity index (χ0v) is 16.2. The highest BCUT2D eigenvalue weighted by molar-refractivity contribution is 5.89. The van der Waals surface area contributed by atoms with E-state index < -0.39 is 0 Å². The summed E-state index contributed by atoms with van der Waals surface area (Å²) in [5.74, 6) is 1.59. The minimum absolute atomic E-state index is 0.506. The van der Waals surface area contributed by atoms with Gasteiger partial charge in [0.05, 0.1) is 10.9 Å². The second-order valence-corrected chi connectivity index (χ2v) is 7.02. The summed E-state index contributed by atoms with van der Waals surface area (Å²) < 4.78 is 8.67. The Balaban J connectivity index is 2.15. The summed E-state index contributed by atoms with van der Waals surface area (Å²) in [6.45, 7) is 12.9. The Hall–Kier alpha value is -2.29. The van der Waals surface area contributed by atoms with Gasteiger partial charge in [-0.3, -0.25) is 0 Å². The van der Waals surface area contributed by atoms with Gasteiger partial charge in [0.1, 0.15) is 5.75 Å². The fourth-order valence-electron chi connectivity index (χ4n) is 3.62. The Labute approximate surface area is 150 Å². The van der Waals surface area contributed by atoms with Crippen molar-refractivity contribution in [3.05, 3.63) is 52.8 Å². The fraction of sp³-hybridized carbons (Fsp3) is 0.409. The molecule has 0 unspecified atom stereocenters. The van der Waals surface area contributed by atoms with Crippen molar-refractivity contribution >= 4 is 10.9 Å². The number of nitrogens with zero attached hydrogens (tertiary/aromatic N) is 2. The van der Waals surface area contributed by atoms with E-state index in [1.165, 1.54) is 16.6 Å². The molecule has 0 spiro atoms. The normalized spacial score (nSPS) is 11.5. The van der Waals surface area contributed by atoms with E-state index in [1.807, 2.05) is 13.0 Å². The standard InChI is InChI=1S/C22H28N2O/c1-7-18(8-2)24-13-16(5)21-19(24)12-17(6)23-22(21)25-20-10-9-14(3)11-15(20)4/h9-13,18H,7-8H2,1-6H3. The summed E-state index contributed by atoms with van der Waals surface area (Å²) in [6, 6.07) is 8.94. The first-order valence-electron chi connectivity index (χ1n) is 9.18. The first kappa shape index (κ1) is 17.5. The number of pyridine rings is 1. The summed E-state index contributed by atoms with van der Waals surface area (Å²) in [7, 11) is 0. The molecule has 0 saturated carbocycles. The second-order valence-electron chi connectivity index (χ2n) is 7.02. The Bertz CT molecular complexity index is 904. The molecular formula is C22H28N2O. The third-order valence-corrected chi connectivity index (χ3v) is 4.97. The number of fused-ring (bicyclic) bond motifs is 1. The highest BCUT2D eigenvalue weighted by atomic mass is 16.5. The molecule has 0 N–H and O–H groups in total. The molecular weight excluding hydrogens is 308 g/mol. The highest BCUT2D eigenvalue weighted by Gasteiger charge is 2.18. The van der Waals surface area contributed by atoms with Gasteiger partial charge in [-0.15, -0.1) is 0 Å². The molecule has 3 aromatic rings. The van der Waals surface area contributed by atoms with Crippen LogP contribution in [0.25, 0.3) is 10.9 Å². The number of aromatic nitrogens is 2. The van der Waals surface area contributed by atoms with E-state index in [2.05, 4.69) is 63.6 Å². The predicted molar refractivity (Wildman–Crippen MR) is 105 cm³/mol. The van der Waals surface area contributed by atoms with Gasteiger partial charge in [-0.1, -0.05) is 31.5 Å². The average Bonchev–Trinajstić information content (AvgIpc) is 2.88. The summed E-state index contributed by atoms with van der Waals surface area (Å²) in [4.78, 5) is 4.71. The van der Waals surface area contributed by atoms with Crippen molar-refractivity contribution < 1.29 is 4.74 Å². The van der Waals surface area contributed by atoms with Gasteiger partial charge in [-0.25, -0.2) is 4.98 Å². The third-order valence-electron chi connectivity index (χ3n) is 4.97. The molecule has 2 aromatic heterocycles. The lowest BCUT2D eigenvalue weighted by molar-refractivity contribution is 0.463. The molecule has 3 heteroatoms. The van der Waals surface area contributed by atoms with Gasteiger partial charge >= 0.3 is 0 Å². The maximum atomic E-state index is 6.27. The molecule has 0 amide bonds. The molecule has 0 atom stereocenters. The molecule has 132 valence electrons. The van der Waals surface area contributed by atoms with Gasteiger partial charge in [-0.05, 0) is 63.8 Å². The average molecular weight is 336 g/mol. The Kier molecular flexibility index (Phi) is 4.85. The molecule has 3 rings (SSSR count). The smallest absolute Gasteiger partial charge is 0.229 e. The number of hydrogen-bond donors (Lipinski definition) is 0. The van der Waals surface area contributed by atoms with Crippen LogP contribution in [0.3, 0.4) is 0 Å². The number of hydrogen-bond acceptors (Lipinski definition) is 2. The molecule has 1 aromatic carbocycles. The highest BCUT2D eigenvalue weighted by Crippen LogP contribution is 2.36. The van der Waals surface area contributed by atoms with Crippen LogP contribution < -0.4 is 4.74 Å². The number of ether oxygens (including phenoxy) is 1. The topological polar surface area (TPSA) is 27.1 Å². The predicted octanol–water partition coefficient (Wildman–Crippen LogP) is 6.42. The molecule has 3 nitrogen and oxygen atoms in total. The number of rotatable bonds is 5. The van der Waals surface area contributed by atoms with Gasteiger partial charge < -0.3 is 9.30 Å². The van der Waals surface area contributed by atoms with E-state index in [4.69, 9.17) is 9.72 Å². The maximum Gasteiger partial charge on any atom is 0.229 e. The van der Waals surface area contributed by atoms with Crippen molar-refractivity contribution in [1.29, 1.82) is 0 Å². The van der Waals surface area contributed by atoms with E-state index in [9.17, 15) is 0 Å². The quantitative estimate of drug-likeness (QED) is 0.537. The summed E-state index contributed by atoms with van der Waals surface area (Å²) in [6.07, 6.45) is 4.49. The van der Waals surface area contributed by atoms with Crippen LogP contribution in [0, 0.1) is 27.7 Å². The van der Waals surface area contributed by atoms with Gasteiger partial charge in [0.15, 0.2) is 0 Å². The Morgan fingerprint density at radius 2 is 1.72 bits per heavy atom. The molecule has 0 aliphatic heterocycles. The first-order valence-corrected chi connectivity index (χ1v) is 9.18. The van der Waals surface area contributed by atoms with E-state index >= 15 is 0 Å². The van der Waals surface area contributed by atoms with E-state index in [0.29, 0.717) is 11.9 Å². The van der Waals surface area contributed by atoms with Crippen molar-refractivity contribution in [2.45, 2.75) is 60.4 Å². The van der Waals surface area contributed by atoms with Crippen LogP contribution in [0.1, 0.15) is 55.1 Å². The lowest BCUT2D eigenvalue weighted by Gasteiger charge is -2.17. The van der Waals surface area contributed by atoms with Crippen molar-refractivity contribution in [2.24, 2.45) is 0 Å². The van der Waals surface area contributed by atoms with Crippen LogP contribution in [0.5, 0.6) is 11.6 Å². The zero-order valence-electron chi connectivity index (χ0n) is 16.2. The molecule has 2 heterocycles. The zero-order chi connectivity index (χ0) is 18.1. The minimum atomic E-state index is 0.506. The molecule has 0 aliphatic rings. The largest absolute Gasteiger partial charge is 0.438 e. The van der Waals surface area contributed by atoms with Gasteiger partial charge in [0, 0.05) is 17.9 Å². The Morgan fingerprint density at radius 3 is 2.36 bits per heavy atom. The van der Waals surface area contributed by atoms with Crippen LogP contribution >= 0.6 is 0 Å². The monoisotopic (exact) mass is 336 g/mol.